The van der Waals surface area contributed by atoms with Gasteiger partial charge in [-0.15, -0.1) is 0 Å². The Bertz CT molecular complexity index is 519. The van der Waals surface area contributed by atoms with Crippen LogP contribution in [-0.2, 0) is 6.42 Å². The molecule has 0 spiro atoms. The number of aromatic nitrogens is 3. The lowest BCUT2D eigenvalue weighted by atomic mass is 9.94. The summed E-state index contributed by atoms with van der Waals surface area (Å²) >= 11 is 0. The molecule has 0 amide bonds. The zero-order chi connectivity index (χ0) is 15.1. The van der Waals surface area contributed by atoms with Crippen molar-refractivity contribution in [3.05, 3.63) is 48.0 Å². The molecule has 0 aliphatic heterocycles. The van der Waals surface area contributed by atoms with Crippen LogP contribution in [0.15, 0.2) is 36.7 Å². The molecule has 0 aliphatic carbocycles. The Morgan fingerprint density at radius 2 is 1.95 bits per heavy atom. The third kappa shape index (κ3) is 4.39. The van der Waals surface area contributed by atoms with Gasteiger partial charge in [-0.3, -0.25) is 0 Å². The molecule has 2 rings (SSSR count). The van der Waals surface area contributed by atoms with E-state index in [1.165, 1.54) is 5.56 Å². The van der Waals surface area contributed by atoms with Gasteiger partial charge in [-0.25, -0.2) is 9.67 Å². The smallest absolute Gasteiger partial charge is 0.138 e. The normalized spacial score (nSPS) is 12.8. The predicted octanol–water partition coefficient (Wildman–Crippen LogP) is 3.18. The van der Waals surface area contributed by atoms with Crippen LogP contribution in [0, 0.1) is 0 Å². The van der Waals surface area contributed by atoms with Crippen LogP contribution < -0.4 is 5.32 Å². The van der Waals surface area contributed by atoms with E-state index < -0.39 is 0 Å². The van der Waals surface area contributed by atoms with Gasteiger partial charge in [0.2, 0.25) is 0 Å². The first-order chi connectivity index (χ1) is 10.2. The van der Waals surface area contributed by atoms with Crippen LogP contribution in [0.2, 0.25) is 0 Å². The molecule has 1 aromatic heterocycles. The van der Waals surface area contributed by atoms with Crippen molar-refractivity contribution in [2.24, 2.45) is 0 Å². The molecule has 4 nitrogen and oxygen atoms in total. The zero-order valence-corrected chi connectivity index (χ0v) is 13.3. The highest BCUT2D eigenvalue weighted by atomic mass is 15.3. The summed E-state index contributed by atoms with van der Waals surface area (Å²) in [5.74, 6) is 1.60. The number of rotatable bonds is 8. The third-order valence-corrected chi connectivity index (χ3v) is 3.76. The molecule has 114 valence electrons. The van der Waals surface area contributed by atoms with E-state index in [9.17, 15) is 0 Å². The highest BCUT2D eigenvalue weighted by Crippen LogP contribution is 2.21. The van der Waals surface area contributed by atoms with Crippen LogP contribution in [0.25, 0.3) is 0 Å². The van der Waals surface area contributed by atoms with Crippen molar-refractivity contribution >= 4 is 0 Å². The minimum Gasteiger partial charge on any atom is -0.316 e. The van der Waals surface area contributed by atoms with Gasteiger partial charge in [0.15, 0.2) is 0 Å². The molecule has 0 saturated heterocycles. The van der Waals surface area contributed by atoms with E-state index in [1.807, 2.05) is 4.68 Å². The second-order valence-electron chi connectivity index (χ2n) is 5.67. The Kier molecular flexibility index (Phi) is 5.93. The molecule has 1 heterocycles. The van der Waals surface area contributed by atoms with Gasteiger partial charge in [-0.05, 0) is 38.3 Å². The van der Waals surface area contributed by atoms with Crippen LogP contribution in [-0.4, -0.2) is 27.9 Å². The molecule has 1 atom stereocenters. The SMILES string of the molecule is CCNCC(CCc1ncnn1C(C)C)c1ccccc1. The molecule has 0 saturated carbocycles. The van der Waals surface area contributed by atoms with Gasteiger partial charge in [0, 0.05) is 19.0 Å². The van der Waals surface area contributed by atoms with Gasteiger partial charge < -0.3 is 5.32 Å². The van der Waals surface area contributed by atoms with Gasteiger partial charge in [0.05, 0.1) is 0 Å². The number of likely N-dealkylation sites (N-methyl/N-ethyl adjacent to an activating group) is 1. The summed E-state index contributed by atoms with van der Waals surface area (Å²) in [7, 11) is 0. The molecule has 21 heavy (non-hydrogen) atoms. The molecule has 1 N–H and O–H groups in total. The number of aryl methyl sites for hydroxylation is 1. The number of nitrogens with one attached hydrogen (secondary N) is 1. The molecule has 1 aromatic carbocycles. The maximum atomic E-state index is 4.41. The van der Waals surface area contributed by atoms with Gasteiger partial charge in [0.1, 0.15) is 12.2 Å². The van der Waals surface area contributed by atoms with Gasteiger partial charge in [-0.2, -0.15) is 5.10 Å². The molecular formula is C17H26N4. The van der Waals surface area contributed by atoms with Crippen molar-refractivity contribution in [1.29, 1.82) is 0 Å². The number of hydrogen-bond acceptors (Lipinski definition) is 3. The maximum absolute atomic E-state index is 4.41. The van der Waals surface area contributed by atoms with E-state index in [0.717, 1.165) is 31.8 Å². The fourth-order valence-corrected chi connectivity index (χ4v) is 2.62. The first-order valence-electron chi connectivity index (χ1n) is 7.86. The second kappa shape index (κ2) is 7.93. The molecule has 0 aliphatic rings. The minimum atomic E-state index is 0.367. The highest BCUT2D eigenvalue weighted by Gasteiger charge is 2.14. The topological polar surface area (TPSA) is 42.7 Å². The summed E-state index contributed by atoms with van der Waals surface area (Å²) in [5, 5.41) is 7.79. The number of benzene rings is 1. The van der Waals surface area contributed by atoms with E-state index in [1.54, 1.807) is 6.33 Å². The summed E-state index contributed by atoms with van der Waals surface area (Å²) in [5.41, 5.74) is 1.40. The maximum Gasteiger partial charge on any atom is 0.138 e. The standard InChI is InChI=1S/C17H26N4/c1-4-18-12-16(15-8-6-5-7-9-15)10-11-17-19-13-20-21(17)14(2)3/h5-9,13-14,16,18H,4,10-12H2,1-3H3. The lowest BCUT2D eigenvalue weighted by Gasteiger charge is -2.18. The van der Waals surface area contributed by atoms with Gasteiger partial charge in [-0.1, -0.05) is 37.3 Å². The average molecular weight is 286 g/mol. The molecule has 2 aromatic rings. The summed E-state index contributed by atoms with van der Waals surface area (Å²) in [4.78, 5) is 4.41. The van der Waals surface area contributed by atoms with Crippen molar-refractivity contribution in [2.45, 2.75) is 45.6 Å². The van der Waals surface area contributed by atoms with Crippen LogP contribution in [0.3, 0.4) is 0 Å². The monoisotopic (exact) mass is 286 g/mol. The quantitative estimate of drug-likeness (QED) is 0.810. The molecular weight excluding hydrogens is 260 g/mol. The van der Waals surface area contributed by atoms with Crippen LogP contribution in [0.4, 0.5) is 0 Å². The van der Waals surface area contributed by atoms with Gasteiger partial charge >= 0.3 is 0 Å². The Hall–Kier alpha value is -1.68. The minimum absolute atomic E-state index is 0.367. The number of hydrogen-bond donors (Lipinski definition) is 1. The first kappa shape index (κ1) is 15.7. The van der Waals surface area contributed by atoms with E-state index >= 15 is 0 Å². The molecule has 0 fully saturated rings. The summed E-state index contributed by atoms with van der Waals surface area (Å²) in [6, 6.07) is 11.1. The van der Waals surface area contributed by atoms with E-state index in [2.05, 4.69) is 66.5 Å². The van der Waals surface area contributed by atoms with Crippen molar-refractivity contribution in [3.8, 4) is 0 Å². The van der Waals surface area contributed by atoms with Crippen molar-refractivity contribution in [1.82, 2.24) is 20.1 Å². The summed E-state index contributed by atoms with van der Waals surface area (Å²) in [6.45, 7) is 8.45. The Morgan fingerprint density at radius 1 is 1.19 bits per heavy atom. The van der Waals surface area contributed by atoms with Crippen molar-refractivity contribution < 1.29 is 0 Å². The van der Waals surface area contributed by atoms with Crippen LogP contribution >= 0.6 is 0 Å². The first-order valence-corrected chi connectivity index (χ1v) is 7.86. The summed E-state index contributed by atoms with van der Waals surface area (Å²) in [6.07, 6.45) is 3.71. The van der Waals surface area contributed by atoms with Crippen molar-refractivity contribution in [2.75, 3.05) is 13.1 Å². The van der Waals surface area contributed by atoms with Crippen LogP contribution in [0.1, 0.15) is 50.5 Å². The fraction of sp³-hybridized carbons (Fsp3) is 0.529. The predicted molar refractivity (Wildman–Crippen MR) is 86.5 cm³/mol. The fourth-order valence-electron chi connectivity index (χ4n) is 2.62. The number of nitrogens with zero attached hydrogens (tertiary/aromatic N) is 3. The van der Waals surface area contributed by atoms with Gasteiger partial charge in [0.25, 0.3) is 0 Å². The Morgan fingerprint density at radius 3 is 2.62 bits per heavy atom. The third-order valence-electron chi connectivity index (χ3n) is 3.76. The van der Waals surface area contributed by atoms with Crippen molar-refractivity contribution in [3.63, 3.8) is 0 Å². The lowest BCUT2D eigenvalue weighted by Crippen LogP contribution is -2.22. The molecule has 0 radical (unpaired) electrons. The van der Waals surface area contributed by atoms with Crippen LogP contribution in [0.5, 0.6) is 0 Å². The largest absolute Gasteiger partial charge is 0.316 e. The highest BCUT2D eigenvalue weighted by molar-refractivity contribution is 5.20. The molecule has 0 bridgehead atoms. The molecule has 1 unspecified atom stereocenters. The lowest BCUT2D eigenvalue weighted by molar-refractivity contribution is 0.485. The van der Waals surface area contributed by atoms with E-state index in [0.29, 0.717) is 12.0 Å². The molecule has 4 heteroatoms. The Balaban J connectivity index is 2.03. The Labute approximate surface area is 127 Å². The summed E-state index contributed by atoms with van der Waals surface area (Å²) < 4.78 is 2.02. The second-order valence-corrected chi connectivity index (χ2v) is 5.67. The zero-order valence-electron chi connectivity index (χ0n) is 13.3. The average Bonchev–Trinajstić information content (AvgIpc) is 2.97. The van der Waals surface area contributed by atoms with E-state index in [-0.39, 0.29) is 0 Å². The van der Waals surface area contributed by atoms with E-state index in [4.69, 9.17) is 0 Å².